The Bertz CT molecular complexity index is 1020. The summed E-state index contributed by atoms with van der Waals surface area (Å²) in [7, 11) is 2.22. The van der Waals surface area contributed by atoms with Gasteiger partial charge in [-0.1, -0.05) is 36.4 Å². The molecule has 7 heteroatoms. The van der Waals surface area contributed by atoms with Crippen LogP contribution in [0.25, 0.3) is 16.7 Å². The van der Waals surface area contributed by atoms with E-state index in [9.17, 15) is 4.79 Å². The number of fused-ring (bicyclic) bond motifs is 3. The maximum absolute atomic E-state index is 12.8. The van der Waals surface area contributed by atoms with E-state index in [4.69, 9.17) is 0 Å². The van der Waals surface area contributed by atoms with Gasteiger partial charge in [0.05, 0.1) is 10.9 Å². The molecular weight excluding hydrogens is 358 g/mol. The SMILES string of the molecule is C=CCn1c(=O)c2ccccc2n2c(SCCC3CCCCN3C)nnc12. The average Bonchev–Trinajstić information content (AvgIpc) is 3.10. The van der Waals surface area contributed by atoms with E-state index >= 15 is 0 Å². The van der Waals surface area contributed by atoms with Crippen molar-refractivity contribution in [3.63, 3.8) is 0 Å². The molecule has 1 aromatic carbocycles. The highest BCUT2D eigenvalue weighted by Crippen LogP contribution is 2.25. The van der Waals surface area contributed by atoms with Crippen LogP contribution in [0, 0.1) is 0 Å². The number of aromatic nitrogens is 4. The van der Waals surface area contributed by atoms with Crippen LogP contribution in [0.2, 0.25) is 0 Å². The topological polar surface area (TPSA) is 55.4 Å². The van der Waals surface area contributed by atoms with E-state index in [1.807, 2.05) is 28.7 Å². The van der Waals surface area contributed by atoms with E-state index in [0.29, 0.717) is 23.8 Å². The Morgan fingerprint density at radius 2 is 2.15 bits per heavy atom. The molecule has 0 bridgehead atoms. The molecule has 0 spiro atoms. The summed E-state index contributed by atoms with van der Waals surface area (Å²) >= 11 is 1.72. The molecule has 1 aliphatic heterocycles. The molecule has 1 atom stereocenters. The maximum Gasteiger partial charge on any atom is 0.263 e. The molecule has 27 heavy (non-hydrogen) atoms. The van der Waals surface area contributed by atoms with Crippen LogP contribution in [0.1, 0.15) is 25.7 Å². The molecule has 1 unspecified atom stereocenters. The number of para-hydroxylation sites is 1. The summed E-state index contributed by atoms with van der Waals surface area (Å²) < 4.78 is 3.65. The number of benzene rings is 1. The zero-order chi connectivity index (χ0) is 18.8. The third-order valence-electron chi connectivity index (χ3n) is 5.39. The molecule has 6 nitrogen and oxygen atoms in total. The third kappa shape index (κ3) is 3.41. The number of piperidine rings is 1. The third-order valence-corrected chi connectivity index (χ3v) is 6.36. The van der Waals surface area contributed by atoms with Gasteiger partial charge in [-0.15, -0.1) is 16.8 Å². The Hall–Kier alpha value is -2.12. The van der Waals surface area contributed by atoms with Gasteiger partial charge in [-0.2, -0.15) is 0 Å². The molecule has 142 valence electrons. The van der Waals surface area contributed by atoms with E-state index < -0.39 is 0 Å². The van der Waals surface area contributed by atoms with Crippen molar-refractivity contribution in [1.82, 2.24) is 24.1 Å². The standard InChI is InChI=1S/C20H25N5OS/c1-3-12-24-18(26)16-9-4-5-10-17(16)25-19(24)21-22-20(25)27-14-11-15-8-6-7-13-23(15)2/h3-5,9-10,15H,1,6-8,11-14H2,2H3. The number of hydrogen-bond donors (Lipinski definition) is 0. The first-order valence-corrected chi connectivity index (χ1v) is 10.5. The molecule has 3 aromatic rings. The van der Waals surface area contributed by atoms with Crippen LogP contribution < -0.4 is 5.56 Å². The number of nitrogens with zero attached hydrogens (tertiary/aromatic N) is 5. The molecule has 2 aromatic heterocycles. The highest BCUT2D eigenvalue weighted by atomic mass is 32.2. The fourth-order valence-electron chi connectivity index (χ4n) is 3.92. The second-order valence-electron chi connectivity index (χ2n) is 7.11. The summed E-state index contributed by atoms with van der Waals surface area (Å²) in [5.74, 6) is 1.57. The summed E-state index contributed by atoms with van der Waals surface area (Å²) in [6.45, 7) is 5.39. The Labute approximate surface area is 162 Å². The quantitative estimate of drug-likeness (QED) is 0.483. The minimum atomic E-state index is -0.0502. The predicted molar refractivity (Wildman–Crippen MR) is 111 cm³/mol. The normalized spacial score (nSPS) is 18.3. The first-order chi connectivity index (χ1) is 13.2. The highest BCUT2D eigenvalue weighted by molar-refractivity contribution is 7.99. The molecule has 4 rings (SSSR count). The van der Waals surface area contributed by atoms with Crippen molar-refractivity contribution in [2.75, 3.05) is 19.3 Å². The molecule has 1 fully saturated rings. The van der Waals surface area contributed by atoms with E-state index in [0.717, 1.165) is 22.8 Å². The van der Waals surface area contributed by atoms with Crippen molar-refractivity contribution in [1.29, 1.82) is 0 Å². The van der Waals surface area contributed by atoms with E-state index in [1.165, 1.54) is 25.8 Å². The molecule has 0 radical (unpaired) electrons. The predicted octanol–water partition coefficient (Wildman–Crippen LogP) is 3.20. The second-order valence-corrected chi connectivity index (χ2v) is 8.17. The van der Waals surface area contributed by atoms with Crippen LogP contribution in [-0.2, 0) is 6.54 Å². The number of allylic oxidation sites excluding steroid dienone is 1. The Morgan fingerprint density at radius 1 is 1.30 bits per heavy atom. The number of likely N-dealkylation sites (tertiary alicyclic amines) is 1. The largest absolute Gasteiger partial charge is 0.303 e. The molecule has 1 saturated heterocycles. The summed E-state index contributed by atoms with van der Waals surface area (Å²) in [4.78, 5) is 15.3. The van der Waals surface area contributed by atoms with Crippen LogP contribution in [0.4, 0.5) is 0 Å². The summed E-state index contributed by atoms with van der Waals surface area (Å²) in [6, 6.07) is 8.32. The fraction of sp³-hybridized carbons (Fsp3) is 0.450. The van der Waals surface area contributed by atoms with Crippen LogP contribution in [0.15, 0.2) is 46.9 Å². The van der Waals surface area contributed by atoms with Gasteiger partial charge < -0.3 is 4.90 Å². The molecule has 0 N–H and O–H groups in total. The van der Waals surface area contributed by atoms with Gasteiger partial charge >= 0.3 is 0 Å². The fourth-order valence-corrected chi connectivity index (χ4v) is 4.90. The van der Waals surface area contributed by atoms with Crippen LogP contribution >= 0.6 is 11.8 Å². The van der Waals surface area contributed by atoms with Gasteiger partial charge in [0, 0.05) is 18.3 Å². The van der Waals surface area contributed by atoms with Gasteiger partial charge in [-0.25, -0.2) is 0 Å². The first kappa shape index (κ1) is 18.3. The van der Waals surface area contributed by atoms with Crippen molar-refractivity contribution in [2.45, 2.75) is 43.4 Å². The lowest BCUT2D eigenvalue weighted by Crippen LogP contribution is -2.36. The average molecular weight is 384 g/mol. The Kier molecular flexibility index (Phi) is 5.31. The van der Waals surface area contributed by atoms with Gasteiger partial charge in [-0.3, -0.25) is 13.8 Å². The van der Waals surface area contributed by atoms with Gasteiger partial charge in [0.25, 0.3) is 5.56 Å². The zero-order valence-corrected chi connectivity index (χ0v) is 16.5. The Balaban J connectivity index is 1.67. The van der Waals surface area contributed by atoms with Crippen molar-refractivity contribution in [2.24, 2.45) is 0 Å². The van der Waals surface area contributed by atoms with E-state index in [2.05, 4.69) is 28.7 Å². The Morgan fingerprint density at radius 3 is 2.96 bits per heavy atom. The molecule has 0 amide bonds. The summed E-state index contributed by atoms with van der Waals surface area (Å²) in [6.07, 6.45) is 6.77. The smallest absolute Gasteiger partial charge is 0.263 e. The summed E-state index contributed by atoms with van der Waals surface area (Å²) in [5, 5.41) is 10.3. The zero-order valence-electron chi connectivity index (χ0n) is 15.7. The van der Waals surface area contributed by atoms with Crippen molar-refractivity contribution < 1.29 is 0 Å². The number of hydrogen-bond acceptors (Lipinski definition) is 5. The van der Waals surface area contributed by atoms with Gasteiger partial charge in [0.2, 0.25) is 5.78 Å². The van der Waals surface area contributed by atoms with Gasteiger partial charge in [0.1, 0.15) is 0 Å². The maximum atomic E-state index is 12.8. The van der Waals surface area contributed by atoms with Crippen molar-refractivity contribution in [3.8, 4) is 0 Å². The molecule has 0 saturated carbocycles. The lowest BCUT2D eigenvalue weighted by molar-refractivity contribution is 0.182. The lowest BCUT2D eigenvalue weighted by atomic mass is 10.0. The monoisotopic (exact) mass is 383 g/mol. The molecule has 1 aliphatic rings. The lowest BCUT2D eigenvalue weighted by Gasteiger charge is -2.32. The number of rotatable bonds is 6. The minimum Gasteiger partial charge on any atom is -0.303 e. The van der Waals surface area contributed by atoms with Crippen molar-refractivity contribution in [3.05, 3.63) is 47.3 Å². The first-order valence-electron chi connectivity index (χ1n) is 9.51. The highest BCUT2D eigenvalue weighted by Gasteiger charge is 2.20. The second kappa shape index (κ2) is 7.86. The van der Waals surface area contributed by atoms with E-state index in [1.54, 1.807) is 22.4 Å². The van der Waals surface area contributed by atoms with E-state index in [-0.39, 0.29) is 5.56 Å². The van der Waals surface area contributed by atoms with Crippen LogP contribution in [0.5, 0.6) is 0 Å². The summed E-state index contributed by atoms with van der Waals surface area (Å²) in [5.41, 5.74) is 0.811. The van der Waals surface area contributed by atoms with Gasteiger partial charge in [-0.05, 0) is 45.0 Å². The molecular formula is C20H25N5OS. The number of thioether (sulfide) groups is 1. The molecule has 0 aliphatic carbocycles. The van der Waals surface area contributed by atoms with Crippen LogP contribution in [0.3, 0.4) is 0 Å². The minimum absolute atomic E-state index is 0.0502. The van der Waals surface area contributed by atoms with Gasteiger partial charge in [0.15, 0.2) is 5.16 Å². The van der Waals surface area contributed by atoms with Crippen molar-refractivity contribution >= 4 is 28.4 Å². The molecule has 3 heterocycles. The van der Waals surface area contributed by atoms with Crippen LogP contribution in [-0.4, -0.2) is 49.5 Å².